The van der Waals surface area contributed by atoms with Gasteiger partial charge in [0.15, 0.2) is 0 Å². The van der Waals surface area contributed by atoms with Crippen LogP contribution in [0.4, 0.5) is 5.69 Å². The molecule has 1 aliphatic heterocycles. The van der Waals surface area contributed by atoms with E-state index in [1.807, 2.05) is 24.3 Å². The summed E-state index contributed by atoms with van der Waals surface area (Å²) < 4.78 is 6.24. The van der Waals surface area contributed by atoms with Crippen molar-refractivity contribution in [3.8, 4) is 0 Å². The highest BCUT2D eigenvalue weighted by Gasteiger charge is 2.10. The topological polar surface area (TPSA) is 53.6 Å². The summed E-state index contributed by atoms with van der Waals surface area (Å²) in [6.45, 7) is 5.32. The first-order valence-electron chi connectivity index (χ1n) is 6.81. The Labute approximate surface area is 127 Å². The molecule has 0 aromatic heterocycles. The van der Waals surface area contributed by atoms with E-state index in [1.165, 1.54) is 0 Å². The SMILES string of the molecule is O=C(CNc1ccccc1Br)NCCN1CCOCC1. The standard InChI is InChI=1S/C14H20BrN3O2/c15-12-3-1-2-4-13(12)17-11-14(19)16-5-6-18-7-9-20-10-8-18/h1-4,17H,5-11H2,(H,16,19). The number of carbonyl (C=O) groups is 1. The van der Waals surface area contributed by atoms with Gasteiger partial charge in [-0.25, -0.2) is 0 Å². The van der Waals surface area contributed by atoms with E-state index >= 15 is 0 Å². The van der Waals surface area contributed by atoms with Gasteiger partial charge in [0.1, 0.15) is 0 Å². The van der Waals surface area contributed by atoms with Crippen molar-refractivity contribution in [3.63, 3.8) is 0 Å². The second-order valence-corrected chi connectivity index (χ2v) is 5.49. The van der Waals surface area contributed by atoms with Crippen LogP contribution < -0.4 is 10.6 Å². The molecule has 0 radical (unpaired) electrons. The van der Waals surface area contributed by atoms with Crippen LogP contribution in [0.3, 0.4) is 0 Å². The van der Waals surface area contributed by atoms with E-state index in [0.717, 1.165) is 43.0 Å². The number of nitrogens with zero attached hydrogens (tertiary/aromatic N) is 1. The largest absolute Gasteiger partial charge is 0.379 e. The lowest BCUT2D eigenvalue weighted by Crippen LogP contribution is -2.42. The smallest absolute Gasteiger partial charge is 0.239 e. The molecule has 2 N–H and O–H groups in total. The zero-order valence-corrected chi connectivity index (χ0v) is 13.0. The van der Waals surface area contributed by atoms with Crippen molar-refractivity contribution < 1.29 is 9.53 Å². The van der Waals surface area contributed by atoms with Crippen LogP contribution in [0, 0.1) is 0 Å². The highest BCUT2D eigenvalue weighted by molar-refractivity contribution is 9.10. The Morgan fingerprint density at radius 1 is 1.30 bits per heavy atom. The zero-order valence-electron chi connectivity index (χ0n) is 11.4. The molecule has 0 aliphatic carbocycles. The number of nitrogens with one attached hydrogen (secondary N) is 2. The van der Waals surface area contributed by atoms with Crippen molar-refractivity contribution in [1.29, 1.82) is 0 Å². The van der Waals surface area contributed by atoms with E-state index in [1.54, 1.807) is 0 Å². The molecule has 1 fully saturated rings. The molecule has 1 heterocycles. The average Bonchev–Trinajstić information content (AvgIpc) is 2.47. The third-order valence-electron chi connectivity index (χ3n) is 3.17. The molecule has 1 aromatic rings. The summed E-state index contributed by atoms with van der Waals surface area (Å²) in [6.07, 6.45) is 0. The van der Waals surface area contributed by atoms with Gasteiger partial charge in [0, 0.05) is 36.3 Å². The highest BCUT2D eigenvalue weighted by Crippen LogP contribution is 2.20. The molecule has 0 saturated carbocycles. The zero-order chi connectivity index (χ0) is 14.2. The van der Waals surface area contributed by atoms with Gasteiger partial charge in [0.05, 0.1) is 19.8 Å². The van der Waals surface area contributed by atoms with Crippen molar-refractivity contribution in [3.05, 3.63) is 28.7 Å². The summed E-state index contributed by atoms with van der Waals surface area (Å²) >= 11 is 3.44. The molecule has 1 aromatic carbocycles. The number of morpholine rings is 1. The van der Waals surface area contributed by atoms with E-state index in [-0.39, 0.29) is 12.5 Å². The van der Waals surface area contributed by atoms with Crippen LogP contribution in [-0.4, -0.2) is 56.7 Å². The number of para-hydroxylation sites is 1. The number of carbonyl (C=O) groups excluding carboxylic acids is 1. The molecule has 0 unspecified atom stereocenters. The van der Waals surface area contributed by atoms with Gasteiger partial charge in [-0.05, 0) is 28.1 Å². The summed E-state index contributed by atoms with van der Waals surface area (Å²) in [5, 5.41) is 6.03. The fraction of sp³-hybridized carbons (Fsp3) is 0.500. The third kappa shape index (κ3) is 5.11. The summed E-state index contributed by atoms with van der Waals surface area (Å²) in [6, 6.07) is 7.75. The molecule has 110 valence electrons. The molecule has 0 spiro atoms. The van der Waals surface area contributed by atoms with Crippen LogP contribution in [0.5, 0.6) is 0 Å². The molecule has 0 atom stereocenters. The Balaban J connectivity index is 1.62. The van der Waals surface area contributed by atoms with E-state index in [2.05, 4.69) is 31.5 Å². The first-order valence-corrected chi connectivity index (χ1v) is 7.60. The lowest BCUT2D eigenvalue weighted by Gasteiger charge is -2.26. The molecule has 6 heteroatoms. The molecule has 1 aliphatic rings. The molecular formula is C14H20BrN3O2. The van der Waals surface area contributed by atoms with Crippen LogP contribution in [0.2, 0.25) is 0 Å². The lowest BCUT2D eigenvalue weighted by atomic mass is 10.3. The second-order valence-electron chi connectivity index (χ2n) is 4.64. The Bertz CT molecular complexity index is 436. The van der Waals surface area contributed by atoms with E-state index in [9.17, 15) is 4.79 Å². The summed E-state index contributed by atoms with van der Waals surface area (Å²) in [5.41, 5.74) is 0.927. The summed E-state index contributed by atoms with van der Waals surface area (Å²) in [7, 11) is 0. The molecule has 0 bridgehead atoms. The highest BCUT2D eigenvalue weighted by atomic mass is 79.9. The van der Waals surface area contributed by atoms with E-state index < -0.39 is 0 Å². The summed E-state index contributed by atoms with van der Waals surface area (Å²) in [5.74, 6) is 0.00834. The monoisotopic (exact) mass is 341 g/mol. The number of halogens is 1. The molecule has 20 heavy (non-hydrogen) atoms. The first kappa shape index (κ1) is 15.3. The minimum absolute atomic E-state index is 0.00834. The van der Waals surface area contributed by atoms with Gasteiger partial charge in [-0.2, -0.15) is 0 Å². The fourth-order valence-corrected chi connectivity index (χ4v) is 2.45. The number of ether oxygens (including phenoxy) is 1. The van der Waals surface area contributed by atoms with Gasteiger partial charge < -0.3 is 15.4 Å². The molecule has 2 rings (SSSR count). The third-order valence-corrected chi connectivity index (χ3v) is 3.86. The number of hydrogen-bond donors (Lipinski definition) is 2. The maximum Gasteiger partial charge on any atom is 0.239 e. The normalized spacial score (nSPS) is 15.8. The van der Waals surface area contributed by atoms with Crippen molar-refractivity contribution >= 4 is 27.5 Å². The van der Waals surface area contributed by atoms with Crippen molar-refractivity contribution in [1.82, 2.24) is 10.2 Å². The maximum absolute atomic E-state index is 11.7. The molecular weight excluding hydrogens is 322 g/mol. The lowest BCUT2D eigenvalue weighted by molar-refractivity contribution is -0.119. The van der Waals surface area contributed by atoms with E-state index in [0.29, 0.717) is 6.54 Å². The predicted molar refractivity (Wildman–Crippen MR) is 82.9 cm³/mol. The fourth-order valence-electron chi connectivity index (χ4n) is 2.02. The van der Waals surface area contributed by atoms with Crippen molar-refractivity contribution in [2.45, 2.75) is 0 Å². The average molecular weight is 342 g/mol. The van der Waals surface area contributed by atoms with Gasteiger partial charge in [-0.3, -0.25) is 9.69 Å². The Hall–Kier alpha value is -1.11. The Morgan fingerprint density at radius 3 is 2.80 bits per heavy atom. The van der Waals surface area contributed by atoms with Gasteiger partial charge in [0.25, 0.3) is 0 Å². The molecule has 5 nitrogen and oxygen atoms in total. The van der Waals surface area contributed by atoms with Gasteiger partial charge in [-0.15, -0.1) is 0 Å². The number of amides is 1. The Morgan fingerprint density at radius 2 is 2.05 bits per heavy atom. The Kier molecular flexibility index (Phi) is 6.29. The van der Waals surface area contributed by atoms with Crippen LogP contribution in [0.1, 0.15) is 0 Å². The number of benzene rings is 1. The van der Waals surface area contributed by atoms with Gasteiger partial charge in [-0.1, -0.05) is 12.1 Å². The van der Waals surface area contributed by atoms with Gasteiger partial charge in [0.2, 0.25) is 5.91 Å². The van der Waals surface area contributed by atoms with Crippen LogP contribution >= 0.6 is 15.9 Å². The first-order chi connectivity index (χ1) is 9.75. The molecule has 1 saturated heterocycles. The minimum atomic E-state index is 0.00834. The van der Waals surface area contributed by atoms with Crippen LogP contribution in [0.15, 0.2) is 28.7 Å². The quantitative estimate of drug-likeness (QED) is 0.819. The summed E-state index contributed by atoms with van der Waals surface area (Å²) in [4.78, 5) is 14.0. The maximum atomic E-state index is 11.7. The van der Waals surface area contributed by atoms with Crippen molar-refractivity contribution in [2.75, 3.05) is 51.3 Å². The van der Waals surface area contributed by atoms with Crippen molar-refractivity contribution in [2.24, 2.45) is 0 Å². The number of hydrogen-bond acceptors (Lipinski definition) is 4. The predicted octanol–water partition coefficient (Wildman–Crippen LogP) is 1.31. The molecule has 1 amide bonds. The second kappa shape index (κ2) is 8.24. The number of rotatable bonds is 6. The minimum Gasteiger partial charge on any atom is -0.379 e. The van der Waals surface area contributed by atoms with E-state index in [4.69, 9.17) is 4.74 Å². The van der Waals surface area contributed by atoms with Gasteiger partial charge >= 0.3 is 0 Å². The van der Waals surface area contributed by atoms with Crippen LogP contribution in [-0.2, 0) is 9.53 Å². The number of anilines is 1. The van der Waals surface area contributed by atoms with Crippen LogP contribution in [0.25, 0.3) is 0 Å².